The molecule has 0 unspecified atom stereocenters. The predicted octanol–water partition coefficient (Wildman–Crippen LogP) is 1.98. The average molecular weight is 258 g/mol. The van der Waals surface area contributed by atoms with Crippen molar-refractivity contribution in [3.05, 3.63) is 34.6 Å². The third-order valence-corrected chi connectivity index (χ3v) is 3.23. The van der Waals surface area contributed by atoms with E-state index in [1.54, 1.807) is 0 Å². The summed E-state index contributed by atoms with van der Waals surface area (Å²) in [4.78, 5) is 27.6. The Labute approximate surface area is 107 Å². The van der Waals surface area contributed by atoms with E-state index in [1.165, 1.54) is 11.8 Å². The lowest BCUT2D eigenvalue weighted by Crippen LogP contribution is -2.12. The molecule has 18 heavy (non-hydrogen) atoms. The lowest BCUT2D eigenvalue weighted by atomic mass is 10.3. The van der Waals surface area contributed by atoms with Crippen molar-refractivity contribution in [2.45, 2.75) is 12.1 Å². The molecule has 0 saturated carbocycles. The van der Waals surface area contributed by atoms with Crippen LogP contribution in [-0.2, 0) is 0 Å². The number of hydrogen-bond donors (Lipinski definition) is 1. The minimum absolute atomic E-state index is 0.241. The van der Waals surface area contributed by atoms with Crippen LogP contribution in [0.5, 0.6) is 0 Å². The molecule has 2 aromatic heterocycles. The van der Waals surface area contributed by atoms with Gasteiger partial charge in [0, 0.05) is 0 Å². The number of para-hydroxylation sites is 2. The van der Waals surface area contributed by atoms with E-state index in [-0.39, 0.29) is 11.1 Å². The van der Waals surface area contributed by atoms with Gasteiger partial charge in [-0.3, -0.25) is 9.78 Å². The van der Waals surface area contributed by atoms with Crippen molar-refractivity contribution in [2.75, 3.05) is 5.75 Å². The van der Waals surface area contributed by atoms with Crippen LogP contribution in [0.1, 0.15) is 6.92 Å². The number of aromatic amines is 1. The topological polar surface area (TPSA) is 71.5 Å². The van der Waals surface area contributed by atoms with Gasteiger partial charge in [0.15, 0.2) is 16.3 Å². The van der Waals surface area contributed by atoms with Crippen LogP contribution in [0, 0.1) is 0 Å². The molecule has 0 fully saturated rings. The van der Waals surface area contributed by atoms with E-state index in [0.717, 1.165) is 11.3 Å². The Balaban J connectivity index is 2.35. The number of thioether (sulfide) groups is 1. The van der Waals surface area contributed by atoms with Gasteiger partial charge in [0.2, 0.25) is 0 Å². The molecule has 0 amide bonds. The van der Waals surface area contributed by atoms with Gasteiger partial charge in [-0.1, -0.05) is 30.8 Å². The van der Waals surface area contributed by atoms with E-state index in [9.17, 15) is 4.79 Å². The molecule has 5 nitrogen and oxygen atoms in total. The SMILES string of the molecule is CCSc1nc2nc3ccccc3nc2c(=O)[nH]1. The maximum atomic E-state index is 11.9. The van der Waals surface area contributed by atoms with Crippen molar-refractivity contribution in [1.82, 2.24) is 19.9 Å². The Kier molecular flexibility index (Phi) is 2.71. The molecule has 0 aliphatic carbocycles. The summed E-state index contributed by atoms with van der Waals surface area (Å²) in [5.41, 5.74) is 1.89. The zero-order valence-electron chi connectivity index (χ0n) is 9.67. The quantitative estimate of drug-likeness (QED) is 0.432. The summed E-state index contributed by atoms with van der Waals surface area (Å²) in [7, 11) is 0. The lowest BCUT2D eigenvalue weighted by Gasteiger charge is -2.01. The maximum absolute atomic E-state index is 11.9. The molecule has 0 saturated heterocycles. The summed E-state index contributed by atoms with van der Waals surface area (Å²) < 4.78 is 0. The number of H-pyrrole nitrogens is 1. The highest BCUT2D eigenvalue weighted by molar-refractivity contribution is 7.99. The standard InChI is InChI=1S/C12H10N4OS/c1-2-18-12-15-10-9(11(17)16-12)13-7-5-3-4-6-8(7)14-10/h3-6H,2H2,1H3,(H,14,15,16,17). The smallest absolute Gasteiger partial charge is 0.279 e. The zero-order valence-corrected chi connectivity index (χ0v) is 10.5. The molecule has 90 valence electrons. The van der Waals surface area contributed by atoms with Crippen LogP contribution in [0.2, 0.25) is 0 Å². The molecule has 1 aromatic carbocycles. The van der Waals surface area contributed by atoms with Gasteiger partial charge in [-0.2, -0.15) is 0 Å². The van der Waals surface area contributed by atoms with Gasteiger partial charge in [-0.15, -0.1) is 0 Å². The molecular formula is C12H10N4OS. The van der Waals surface area contributed by atoms with E-state index < -0.39 is 0 Å². The van der Waals surface area contributed by atoms with Crippen molar-refractivity contribution in [2.24, 2.45) is 0 Å². The molecule has 0 spiro atoms. The van der Waals surface area contributed by atoms with Crippen LogP contribution in [-0.4, -0.2) is 25.7 Å². The van der Waals surface area contributed by atoms with Crippen molar-refractivity contribution in [3.8, 4) is 0 Å². The van der Waals surface area contributed by atoms with Crippen LogP contribution < -0.4 is 5.56 Å². The van der Waals surface area contributed by atoms with Crippen LogP contribution in [0.3, 0.4) is 0 Å². The number of rotatable bonds is 2. The third-order valence-electron chi connectivity index (χ3n) is 2.48. The summed E-state index contributed by atoms with van der Waals surface area (Å²) in [6.45, 7) is 2.00. The second-order valence-corrected chi connectivity index (χ2v) is 4.94. The molecule has 2 heterocycles. The molecule has 0 bridgehead atoms. The lowest BCUT2D eigenvalue weighted by molar-refractivity contribution is 0.957. The van der Waals surface area contributed by atoms with Crippen molar-refractivity contribution in [1.29, 1.82) is 0 Å². The number of nitrogens with zero attached hydrogens (tertiary/aromatic N) is 3. The Hall–Kier alpha value is -1.95. The van der Waals surface area contributed by atoms with E-state index in [0.29, 0.717) is 16.3 Å². The minimum atomic E-state index is -0.241. The molecule has 0 aliphatic heterocycles. The highest BCUT2D eigenvalue weighted by atomic mass is 32.2. The predicted molar refractivity (Wildman–Crippen MR) is 71.9 cm³/mol. The largest absolute Gasteiger partial charge is 0.299 e. The van der Waals surface area contributed by atoms with E-state index in [1.807, 2.05) is 31.2 Å². The van der Waals surface area contributed by atoms with E-state index in [4.69, 9.17) is 0 Å². The summed E-state index contributed by atoms with van der Waals surface area (Å²) in [6.07, 6.45) is 0. The normalized spacial score (nSPS) is 11.2. The summed E-state index contributed by atoms with van der Waals surface area (Å²) in [5.74, 6) is 0.843. The molecule has 0 radical (unpaired) electrons. The molecule has 1 N–H and O–H groups in total. The van der Waals surface area contributed by atoms with Crippen LogP contribution in [0.25, 0.3) is 22.2 Å². The third kappa shape index (κ3) is 1.84. The Morgan fingerprint density at radius 2 is 1.89 bits per heavy atom. The Bertz CT molecular complexity index is 784. The average Bonchev–Trinajstić information content (AvgIpc) is 2.37. The molecular weight excluding hydrogens is 248 g/mol. The second kappa shape index (κ2) is 4.38. The van der Waals surface area contributed by atoms with Crippen molar-refractivity contribution >= 4 is 34.0 Å². The van der Waals surface area contributed by atoms with Gasteiger partial charge in [0.05, 0.1) is 11.0 Å². The van der Waals surface area contributed by atoms with E-state index in [2.05, 4.69) is 19.9 Å². The van der Waals surface area contributed by atoms with Gasteiger partial charge in [0.25, 0.3) is 5.56 Å². The van der Waals surface area contributed by atoms with Crippen molar-refractivity contribution in [3.63, 3.8) is 0 Å². The van der Waals surface area contributed by atoms with Gasteiger partial charge < -0.3 is 0 Å². The summed E-state index contributed by atoms with van der Waals surface area (Å²) >= 11 is 1.48. The first-order chi connectivity index (χ1) is 8.78. The fraction of sp³-hybridized carbons (Fsp3) is 0.167. The molecule has 0 atom stereocenters. The Morgan fingerprint density at radius 1 is 1.17 bits per heavy atom. The van der Waals surface area contributed by atoms with E-state index >= 15 is 0 Å². The highest BCUT2D eigenvalue weighted by Gasteiger charge is 2.08. The first-order valence-electron chi connectivity index (χ1n) is 5.57. The van der Waals surface area contributed by atoms with Crippen LogP contribution >= 0.6 is 11.8 Å². The summed E-state index contributed by atoms with van der Waals surface area (Å²) in [5, 5.41) is 0.583. The number of nitrogens with one attached hydrogen (secondary N) is 1. The monoisotopic (exact) mass is 258 g/mol. The zero-order chi connectivity index (χ0) is 12.5. The second-order valence-electron chi connectivity index (χ2n) is 3.69. The van der Waals surface area contributed by atoms with Crippen molar-refractivity contribution < 1.29 is 0 Å². The first-order valence-corrected chi connectivity index (χ1v) is 6.56. The fourth-order valence-corrected chi connectivity index (χ4v) is 2.30. The van der Waals surface area contributed by atoms with Gasteiger partial charge in [-0.05, 0) is 17.9 Å². The molecule has 3 aromatic rings. The Morgan fingerprint density at radius 3 is 2.61 bits per heavy atom. The number of benzene rings is 1. The fourth-order valence-electron chi connectivity index (χ4n) is 1.71. The van der Waals surface area contributed by atoms with Crippen LogP contribution in [0.15, 0.2) is 34.2 Å². The summed E-state index contributed by atoms with van der Waals surface area (Å²) in [6, 6.07) is 7.44. The number of hydrogen-bond acceptors (Lipinski definition) is 5. The highest BCUT2D eigenvalue weighted by Crippen LogP contribution is 2.15. The molecule has 0 aliphatic rings. The number of aromatic nitrogens is 4. The number of fused-ring (bicyclic) bond motifs is 2. The van der Waals surface area contributed by atoms with Gasteiger partial charge >= 0.3 is 0 Å². The maximum Gasteiger partial charge on any atom is 0.279 e. The first kappa shape index (κ1) is 11.2. The van der Waals surface area contributed by atoms with Crippen LogP contribution in [0.4, 0.5) is 0 Å². The molecule has 3 rings (SSSR count). The molecule has 6 heteroatoms. The van der Waals surface area contributed by atoms with Gasteiger partial charge in [0.1, 0.15) is 0 Å². The van der Waals surface area contributed by atoms with Gasteiger partial charge in [-0.25, -0.2) is 15.0 Å². The minimum Gasteiger partial charge on any atom is -0.299 e.